The lowest BCUT2D eigenvalue weighted by Crippen LogP contribution is -2.66. The number of benzene rings is 1. The Morgan fingerprint density at radius 3 is 2.23 bits per heavy atom. The molecule has 0 amide bonds. The van der Waals surface area contributed by atoms with Crippen molar-refractivity contribution in [3.05, 3.63) is 47.0 Å². The Morgan fingerprint density at radius 1 is 0.841 bits per heavy atom. The van der Waals surface area contributed by atoms with Crippen LogP contribution in [0.25, 0.3) is 0 Å². The van der Waals surface area contributed by atoms with Crippen LogP contribution in [0, 0.1) is 56.7 Å². The first kappa shape index (κ1) is 32.1. The number of hydrogen-bond acceptors (Lipinski definition) is 4. The van der Waals surface area contributed by atoms with Gasteiger partial charge in [0.1, 0.15) is 12.7 Å². The Balaban J connectivity index is 1.23. The molecule has 5 aliphatic rings. The van der Waals surface area contributed by atoms with Crippen molar-refractivity contribution in [3.8, 4) is 0 Å². The minimum absolute atomic E-state index is 0.0133. The van der Waals surface area contributed by atoms with Gasteiger partial charge in [-0.3, -0.25) is 4.79 Å². The molecule has 1 aromatic carbocycles. The van der Waals surface area contributed by atoms with Gasteiger partial charge in [0, 0.05) is 17.4 Å². The fraction of sp³-hybridized carbons (Fsp3) is 0.744. The molecular weight excluding hydrogens is 568 g/mol. The monoisotopic (exact) mass is 622 g/mol. The smallest absolute Gasteiger partial charge is 0.338 e. The number of carbonyl (C=O) groups is 2. The zero-order valence-corrected chi connectivity index (χ0v) is 29.0. The largest absolute Gasteiger partial charge is 0.462 e. The van der Waals surface area contributed by atoms with Crippen LogP contribution in [-0.2, 0) is 14.3 Å². The zero-order valence-electron chi connectivity index (χ0n) is 28.3. The number of ether oxygens (including phenoxy) is 2. The van der Waals surface area contributed by atoms with Gasteiger partial charge in [0.05, 0.1) is 5.56 Å². The Morgan fingerprint density at radius 2 is 1.55 bits per heavy atom. The highest BCUT2D eigenvalue weighted by molar-refractivity contribution is 6.30. The van der Waals surface area contributed by atoms with Crippen molar-refractivity contribution in [2.45, 2.75) is 119 Å². The first-order valence-electron chi connectivity index (χ1n) is 17.3. The molecule has 5 heteroatoms. The summed E-state index contributed by atoms with van der Waals surface area (Å²) in [6.07, 6.45) is 12.2. The molecule has 10 atom stereocenters. The van der Waals surface area contributed by atoms with Crippen molar-refractivity contribution in [2.24, 2.45) is 56.7 Å². The molecule has 0 heterocycles. The summed E-state index contributed by atoms with van der Waals surface area (Å²) in [6, 6.07) is 6.92. The van der Waals surface area contributed by atoms with Crippen molar-refractivity contribution < 1.29 is 19.1 Å². The Labute approximate surface area is 271 Å². The van der Waals surface area contributed by atoms with E-state index in [1.54, 1.807) is 31.2 Å². The highest BCUT2D eigenvalue weighted by Crippen LogP contribution is 2.77. The minimum atomic E-state index is -0.304. The molecule has 4 nitrogen and oxygen atoms in total. The van der Waals surface area contributed by atoms with Crippen molar-refractivity contribution in [2.75, 3.05) is 6.61 Å². The maximum atomic E-state index is 12.8. The van der Waals surface area contributed by atoms with E-state index in [0.29, 0.717) is 52.2 Å². The van der Waals surface area contributed by atoms with Crippen LogP contribution in [0.3, 0.4) is 0 Å². The molecule has 0 radical (unpaired) electrons. The fourth-order valence-electron chi connectivity index (χ4n) is 12.7. The molecule has 242 valence electrons. The second-order valence-corrected chi connectivity index (χ2v) is 17.6. The van der Waals surface area contributed by atoms with Gasteiger partial charge in [-0.25, -0.2) is 4.79 Å². The van der Waals surface area contributed by atoms with Gasteiger partial charge in [-0.05, 0) is 145 Å². The van der Waals surface area contributed by atoms with E-state index in [4.69, 9.17) is 21.1 Å². The summed E-state index contributed by atoms with van der Waals surface area (Å²) in [7, 11) is 0. The summed E-state index contributed by atoms with van der Waals surface area (Å²) >= 11 is 6.02. The molecule has 5 saturated carbocycles. The number of fused-ring (bicyclic) bond motifs is 7. The summed E-state index contributed by atoms with van der Waals surface area (Å²) in [4.78, 5) is 24.8. The van der Waals surface area contributed by atoms with Crippen LogP contribution in [0.15, 0.2) is 36.4 Å². The van der Waals surface area contributed by atoms with E-state index in [9.17, 15) is 9.59 Å². The zero-order chi connectivity index (χ0) is 31.9. The van der Waals surface area contributed by atoms with E-state index in [2.05, 4.69) is 48.1 Å². The third kappa shape index (κ3) is 4.73. The predicted molar refractivity (Wildman–Crippen MR) is 176 cm³/mol. The Bertz CT molecular complexity index is 1320. The molecule has 1 aromatic rings. The Hall–Kier alpha value is -1.81. The molecule has 0 aliphatic heterocycles. The highest BCUT2D eigenvalue weighted by atomic mass is 35.5. The lowest BCUT2D eigenvalue weighted by atomic mass is 9.32. The normalized spacial score (nSPS) is 43.9. The second kappa shape index (κ2) is 10.9. The van der Waals surface area contributed by atoms with Gasteiger partial charge >= 0.3 is 11.9 Å². The first-order chi connectivity index (χ1) is 20.6. The van der Waals surface area contributed by atoms with Crippen LogP contribution in [0.4, 0.5) is 0 Å². The molecule has 44 heavy (non-hydrogen) atoms. The van der Waals surface area contributed by atoms with Crippen molar-refractivity contribution in [3.63, 3.8) is 0 Å². The second-order valence-electron chi connectivity index (χ2n) is 17.2. The number of hydrogen-bond donors (Lipinski definition) is 0. The van der Waals surface area contributed by atoms with E-state index >= 15 is 0 Å². The van der Waals surface area contributed by atoms with E-state index in [1.807, 2.05) is 0 Å². The fourth-order valence-corrected chi connectivity index (χ4v) is 12.8. The molecule has 5 aliphatic carbocycles. The van der Waals surface area contributed by atoms with E-state index in [0.717, 1.165) is 24.8 Å². The van der Waals surface area contributed by atoms with Crippen LogP contribution in [0.5, 0.6) is 0 Å². The van der Waals surface area contributed by atoms with Gasteiger partial charge < -0.3 is 9.47 Å². The van der Waals surface area contributed by atoms with Gasteiger partial charge in [0.2, 0.25) is 0 Å². The van der Waals surface area contributed by atoms with Crippen LogP contribution in [-0.4, -0.2) is 24.6 Å². The third-order valence-electron chi connectivity index (χ3n) is 15.1. The van der Waals surface area contributed by atoms with Crippen LogP contribution in [0.2, 0.25) is 5.02 Å². The van der Waals surface area contributed by atoms with Crippen molar-refractivity contribution in [1.82, 2.24) is 0 Å². The van der Waals surface area contributed by atoms with Gasteiger partial charge in [-0.15, -0.1) is 0 Å². The maximum Gasteiger partial charge on any atom is 0.338 e. The lowest BCUT2D eigenvalue weighted by molar-refractivity contribution is -0.249. The van der Waals surface area contributed by atoms with Gasteiger partial charge in [-0.1, -0.05) is 59.7 Å². The summed E-state index contributed by atoms with van der Waals surface area (Å²) in [5.74, 6) is 2.44. The third-order valence-corrected chi connectivity index (χ3v) is 15.3. The lowest BCUT2D eigenvalue weighted by Gasteiger charge is -2.73. The first-order valence-corrected chi connectivity index (χ1v) is 17.7. The number of halogens is 1. The number of carbonyl (C=O) groups excluding carboxylic acids is 2. The van der Waals surface area contributed by atoms with E-state index in [-0.39, 0.29) is 39.7 Å². The standard InChI is InChI=1S/C39H55ClO4/c1-24(23-43-34(42)26-9-11-27(40)12-10-26)28-15-18-36(5)21-22-38(7)29(33(28)36)13-14-31-37(6)19-17-32(44-25(2)41)35(3,4)30(37)16-20-39(31,38)8/h9-12,28-33H,1,13-23H2,2-8H3/t28-,29+,30-,31+,32-,33+,36+,37-,38+,39+/m0/s1. The molecule has 0 unspecified atom stereocenters. The summed E-state index contributed by atoms with van der Waals surface area (Å²) in [5.41, 5.74) is 2.75. The van der Waals surface area contributed by atoms with Gasteiger partial charge in [0.15, 0.2) is 0 Å². The average Bonchev–Trinajstić information content (AvgIpc) is 3.31. The molecule has 0 bridgehead atoms. The van der Waals surface area contributed by atoms with Crippen molar-refractivity contribution >= 4 is 23.5 Å². The molecule has 0 saturated heterocycles. The SMILES string of the molecule is C=C(COC(=O)c1ccc(Cl)cc1)[C@@H]1CC[C@]2(C)CC[C@]3(C)[C@H](CC[C@@H]4[C@@]5(C)CC[C@H](OC(C)=O)C(C)(C)[C@@H]5CC[C@]43C)[C@@H]12. The average molecular weight is 623 g/mol. The van der Waals surface area contributed by atoms with Gasteiger partial charge in [-0.2, -0.15) is 0 Å². The molecule has 0 aromatic heterocycles. The molecule has 0 spiro atoms. The molecule has 5 fully saturated rings. The Kier molecular flexibility index (Phi) is 7.95. The van der Waals surface area contributed by atoms with E-state index < -0.39 is 0 Å². The molecule has 0 N–H and O–H groups in total. The minimum Gasteiger partial charge on any atom is -0.462 e. The van der Waals surface area contributed by atoms with Crippen LogP contribution >= 0.6 is 11.6 Å². The quantitative estimate of drug-likeness (QED) is 0.242. The topological polar surface area (TPSA) is 52.6 Å². The maximum absolute atomic E-state index is 12.8. The highest BCUT2D eigenvalue weighted by Gasteiger charge is 2.70. The summed E-state index contributed by atoms with van der Waals surface area (Å²) in [5, 5.41) is 0.612. The molecular formula is C39H55ClO4. The van der Waals surface area contributed by atoms with Gasteiger partial charge in [0.25, 0.3) is 0 Å². The summed E-state index contributed by atoms with van der Waals surface area (Å²) < 4.78 is 11.8. The van der Waals surface area contributed by atoms with Crippen LogP contribution < -0.4 is 0 Å². The predicted octanol–water partition coefficient (Wildman–Crippen LogP) is 10.1. The molecule has 6 rings (SSSR count). The van der Waals surface area contributed by atoms with Crippen LogP contribution in [0.1, 0.15) is 123 Å². The van der Waals surface area contributed by atoms with Crippen molar-refractivity contribution in [1.29, 1.82) is 0 Å². The summed E-state index contributed by atoms with van der Waals surface area (Å²) in [6.45, 7) is 21.7. The number of esters is 2. The van der Waals surface area contributed by atoms with E-state index in [1.165, 1.54) is 44.9 Å². The number of rotatable bonds is 5.